The molecule has 3 heterocycles. The van der Waals surface area contributed by atoms with Crippen molar-refractivity contribution >= 4 is 28.9 Å². The summed E-state index contributed by atoms with van der Waals surface area (Å²) in [5.74, 6) is 0.275. The number of hydrogen-bond donors (Lipinski definition) is 2. The molecule has 0 saturated carbocycles. The summed E-state index contributed by atoms with van der Waals surface area (Å²) in [6.07, 6.45) is 5.52. The van der Waals surface area contributed by atoms with E-state index in [1.807, 2.05) is 91.3 Å². The van der Waals surface area contributed by atoms with Crippen LogP contribution in [0.4, 0.5) is 23.0 Å². The van der Waals surface area contributed by atoms with Gasteiger partial charge in [-0.05, 0) is 62.9 Å². The minimum Gasteiger partial charge on any atom is -0.369 e. The number of nitrogens with zero attached hydrogens (tertiary/aromatic N) is 6. The van der Waals surface area contributed by atoms with E-state index in [9.17, 15) is 4.79 Å². The highest BCUT2D eigenvalue weighted by Crippen LogP contribution is 2.28. The van der Waals surface area contributed by atoms with Gasteiger partial charge in [0.25, 0.3) is 5.91 Å². The van der Waals surface area contributed by atoms with Crippen LogP contribution in [0.3, 0.4) is 0 Å². The lowest BCUT2D eigenvalue weighted by molar-refractivity contribution is 0.102. The molecule has 42 heavy (non-hydrogen) atoms. The standard InChI is InChI=1S/C33H34N8O/c1-23-9-10-26(17-31(23)38-33-34-12-11-30(37-33)25-7-5-4-6-8-25)32(42)36-27-18-28(40-15-13-39(3)14-16-40)20-29(19-27)41-21-24(2)35-22-41/h4-12,17-22H,13-16H2,1-3H3,(H,36,42)(H,34,37,38). The second-order valence-electron chi connectivity index (χ2n) is 10.7. The van der Waals surface area contributed by atoms with Gasteiger partial charge < -0.3 is 25.0 Å². The first-order chi connectivity index (χ1) is 20.4. The molecule has 2 aromatic heterocycles. The van der Waals surface area contributed by atoms with Gasteiger partial charge in [-0.2, -0.15) is 0 Å². The zero-order valence-corrected chi connectivity index (χ0v) is 24.1. The smallest absolute Gasteiger partial charge is 0.255 e. The maximum atomic E-state index is 13.5. The Morgan fingerprint density at radius 2 is 1.64 bits per heavy atom. The van der Waals surface area contributed by atoms with Gasteiger partial charge in [-0.15, -0.1) is 0 Å². The predicted octanol–water partition coefficient (Wildman–Crippen LogP) is 5.69. The van der Waals surface area contributed by atoms with Gasteiger partial charge >= 0.3 is 0 Å². The Balaban J connectivity index is 1.25. The molecule has 5 aromatic rings. The molecule has 1 amide bonds. The molecule has 2 N–H and O–H groups in total. The summed E-state index contributed by atoms with van der Waals surface area (Å²) in [6.45, 7) is 7.80. The summed E-state index contributed by atoms with van der Waals surface area (Å²) in [5.41, 5.74) is 7.81. The molecule has 1 fully saturated rings. The second kappa shape index (κ2) is 11.8. The third-order valence-electron chi connectivity index (χ3n) is 7.51. The first kappa shape index (κ1) is 27.2. The molecule has 9 nitrogen and oxygen atoms in total. The van der Waals surface area contributed by atoms with Crippen molar-refractivity contribution in [3.8, 4) is 16.9 Å². The normalized spacial score (nSPS) is 13.6. The van der Waals surface area contributed by atoms with Gasteiger partial charge in [-0.3, -0.25) is 4.79 Å². The fraction of sp³-hybridized carbons (Fsp3) is 0.212. The lowest BCUT2D eigenvalue weighted by atomic mass is 10.1. The van der Waals surface area contributed by atoms with E-state index in [4.69, 9.17) is 0 Å². The summed E-state index contributed by atoms with van der Waals surface area (Å²) < 4.78 is 1.99. The quantitative estimate of drug-likeness (QED) is 0.265. The zero-order chi connectivity index (χ0) is 29.1. The van der Waals surface area contributed by atoms with Crippen LogP contribution in [-0.4, -0.2) is 63.6 Å². The molecule has 1 aliphatic rings. The Bertz CT molecular complexity index is 1710. The number of nitrogens with one attached hydrogen (secondary N) is 2. The molecule has 3 aromatic carbocycles. The van der Waals surface area contributed by atoms with Crippen LogP contribution in [0.15, 0.2) is 91.5 Å². The van der Waals surface area contributed by atoms with Gasteiger partial charge in [-0.1, -0.05) is 36.4 Å². The van der Waals surface area contributed by atoms with Crippen LogP contribution in [0, 0.1) is 13.8 Å². The first-order valence-electron chi connectivity index (χ1n) is 14.1. The Morgan fingerprint density at radius 1 is 0.857 bits per heavy atom. The molecule has 9 heteroatoms. The molecular weight excluding hydrogens is 524 g/mol. The highest BCUT2D eigenvalue weighted by Gasteiger charge is 2.17. The minimum atomic E-state index is -0.194. The summed E-state index contributed by atoms with van der Waals surface area (Å²) >= 11 is 0. The molecule has 0 radical (unpaired) electrons. The Hall–Kier alpha value is -5.02. The number of carbonyl (C=O) groups excluding carboxylic acids is 1. The highest BCUT2D eigenvalue weighted by molar-refractivity contribution is 6.05. The number of benzene rings is 3. The fourth-order valence-corrected chi connectivity index (χ4v) is 5.04. The summed E-state index contributed by atoms with van der Waals surface area (Å²) in [5, 5.41) is 6.44. The second-order valence-corrected chi connectivity index (χ2v) is 10.7. The number of imidazole rings is 1. The van der Waals surface area contributed by atoms with Crippen molar-refractivity contribution in [2.45, 2.75) is 13.8 Å². The maximum Gasteiger partial charge on any atom is 0.255 e. The third-order valence-corrected chi connectivity index (χ3v) is 7.51. The van der Waals surface area contributed by atoms with E-state index in [-0.39, 0.29) is 5.91 Å². The average molecular weight is 559 g/mol. The van der Waals surface area contributed by atoms with Gasteiger partial charge in [0, 0.05) is 66.8 Å². The van der Waals surface area contributed by atoms with Crippen LogP contribution in [0.2, 0.25) is 0 Å². The van der Waals surface area contributed by atoms with Crippen LogP contribution >= 0.6 is 0 Å². The van der Waals surface area contributed by atoms with Gasteiger partial charge in [0.2, 0.25) is 5.95 Å². The van der Waals surface area contributed by atoms with E-state index in [0.29, 0.717) is 11.5 Å². The van der Waals surface area contributed by atoms with Crippen molar-refractivity contribution in [2.75, 3.05) is 48.8 Å². The van der Waals surface area contributed by atoms with Crippen LogP contribution in [0.5, 0.6) is 0 Å². The SMILES string of the molecule is Cc1cn(-c2cc(NC(=O)c3ccc(C)c(Nc4nccc(-c5ccccc5)n4)c3)cc(N3CCN(C)CC3)c2)cn1. The molecule has 0 aliphatic carbocycles. The van der Waals surface area contributed by atoms with E-state index in [2.05, 4.69) is 48.5 Å². The number of amides is 1. The zero-order valence-electron chi connectivity index (χ0n) is 24.1. The maximum absolute atomic E-state index is 13.5. The van der Waals surface area contributed by atoms with E-state index in [0.717, 1.165) is 71.4 Å². The van der Waals surface area contributed by atoms with Crippen molar-refractivity contribution in [2.24, 2.45) is 0 Å². The van der Waals surface area contributed by atoms with E-state index in [1.54, 1.807) is 12.5 Å². The molecular formula is C33H34N8O. The molecule has 1 saturated heterocycles. The summed E-state index contributed by atoms with van der Waals surface area (Å²) in [7, 11) is 2.14. The number of hydrogen-bond acceptors (Lipinski definition) is 7. The van der Waals surface area contributed by atoms with Crippen LogP contribution in [0.25, 0.3) is 16.9 Å². The highest BCUT2D eigenvalue weighted by atomic mass is 16.1. The molecule has 0 atom stereocenters. The van der Waals surface area contributed by atoms with E-state index >= 15 is 0 Å². The van der Waals surface area contributed by atoms with Crippen molar-refractivity contribution < 1.29 is 4.79 Å². The van der Waals surface area contributed by atoms with Crippen molar-refractivity contribution in [1.82, 2.24) is 24.4 Å². The molecule has 0 unspecified atom stereocenters. The summed E-state index contributed by atoms with van der Waals surface area (Å²) in [4.78, 5) is 31.7. The Morgan fingerprint density at radius 3 is 2.40 bits per heavy atom. The third kappa shape index (κ3) is 6.16. The number of aromatic nitrogens is 4. The van der Waals surface area contributed by atoms with Crippen LogP contribution in [0.1, 0.15) is 21.6 Å². The topological polar surface area (TPSA) is 91.2 Å². The van der Waals surface area contributed by atoms with Gasteiger partial charge in [0.05, 0.1) is 23.4 Å². The predicted molar refractivity (Wildman–Crippen MR) is 168 cm³/mol. The largest absolute Gasteiger partial charge is 0.369 e. The number of rotatable bonds is 7. The number of likely N-dealkylation sites (N-methyl/N-ethyl adjacent to an activating group) is 1. The lowest BCUT2D eigenvalue weighted by Gasteiger charge is -2.34. The van der Waals surface area contributed by atoms with Crippen LogP contribution < -0.4 is 15.5 Å². The van der Waals surface area contributed by atoms with Gasteiger partial charge in [-0.25, -0.2) is 15.0 Å². The Labute approximate surface area is 245 Å². The first-order valence-corrected chi connectivity index (χ1v) is 14.1. The molecule has 6 rings (SSSR count). The van der Waals surface area contributed by atoms with Crippen molar-refractivity contribution in [3.63, 3.8) is 0 Å². The van der Waals surface area contributed by atoms with Crippen molar-refractivity contribution in [3.05, 3.63) is 108 Å². The van der Waals surface area contributed by atoms with E-state index in [1.165, 1.54) is 0 Å². The summed E-state index contributed by atoms with van der Waals surface area (Å²) in [6, 6.07) is 23.6. The Kier molecular flexibility index (Phi) is 7.66. The minimum absolute atomic E-state index is 0.194. The number of carbonyl (C=O) groups is 1. The molecule has 1 aliphatic heterocycles. The average Bonchev–Trinajstić information content (AvgIpc) is 3.45. The molecule has 0 bridgehead atoms. The van der Waals surface area contributed by atoms with Gasteiger partial charge in [0.1, 0.15) is 0 Å². The monoisotopic (exact) mass is 558 g/mol. The number of aryl methyl sites for hydroxylation is 2. The lowest BCUT2D eigenvalue weighted by Crippen LogP contribution is -2.44. The number of piperazine rings is 1. The molecule has 0 spiro atoms. The van der Waals surface area contributed by atoms with E-state index < -0.39 is 0 Å². The number of anilines is 4. The van der Waals surface area contributed by atoms with Crippen molar-refractivity contribution in [1.29, 1.82) is 0 Å². The van der Waals surface area contributed by atoms with Crippen LogP contribution in [-0.2, 0) is 0 Å². The fourth-order valence-electron chi connectivity index (χ4n) is 5.04. The van der Waals surface area contributed by atoms with Gasteiger partial charge in [0.15, 0.2) is 0 Å². The molecule has 212 valence electrons.